The van der Waals surface area contributed by atoms with Gasteiger partial charge in [0.05, 0.1) is 0 Å². The second-order valence-electron chi connectivity index (χ2n) is 5.30. The minimum absolute atomic E-state index is 0.542. The van der Waals surface area contributed by atoms with Crippen LogP contribution in [0.25, 0.3) is 0 Å². The zero-order valence-corrected chi connectivity index (χ0v) is 11.9. The minimum atomic E-state index is 0.542. The van der Waals surface area contributed by atoms with E-state index in [1.165, 1.54) is 23.1 Å². The van der Waals surface area contributed by atoms with Gasteiger partial charge in [-0.15, -0.1) is 0 Å². The van der Waals surface area contributed by atoms with E-state index in [-0.39, 0.29) is 0 Å². The van der Waals surface area contributed by atoms with Crippen LogP contribution in [0.15, 0.2) is 54.6 Å². The Kier molecular flexibility index (Phi) is 5.17. The summed E-state index contributed by atoms with van der Waals surface area (Å²) in [6.45, 7) is 5.36. The summed E-state index contributed by atoms with van der Waals surface area (Å²) < 4.78 is 0. The summed E-state index contributed by atoms with van der Waals surface area (Å²) >= 11 is 0. The Hall–Kier alpha value is -1.60. The van der Waals surface area contributed by atoms with E-state index in [4.69, 9.17) is 0 Å². The van der Waals surface area contributed by atoms with Crippen LogP contribution in [0.1, 0.15) is 30.0 Å². The highest BCUT2D eigenvalue weighted by atomic mass is 14.9. The van der Waals surface area contributed by atoms with Crippen molar-refractivity contribution >= 4 is 0 Å². The van der Waals surface area contributed by atoms with Gasteiger partial charge in [0, 0.05) is 12.6 Å². The molecule has 0 aromatic heterocycles. The molecule has 0 unspecified atom stereocenters. The molecular weight excluding hydrogens is 230 g/mol. The molecule has 0 saturated heterocycles. The van der Waals surface area contributed by atoms with Crippen molar-refractivity contribution in [3.05, 3.63) is 71.3 Å². The van der Waals surface area contributed by atoms with Crippen molar-refractivity contribution < 1.29 is 0 Å². The summed E-state index contributed by atoms with van der Waals surface area (Å²) in [7, 11) is 0. The van der Waals surface area contributed by atoms with Crippen molar-refractivity contribution in [2.75, 3.05) is 0 Å². The molecule has 0 amide bonds. The SMILES string of the molecule is Cc1cccc(CN[C@H](C)CCc2ccccc2)c1. The molecule has 19 heavy (non-hydrogen) atoms. The Morgan fingerprint density at radius 2 is 1.68 bits per heavy atom. The summed E-state index contributed by atoms with van der Waals surface area (Å²) in [5.41, 5.74) is 4.12. The van der Waals surface area contributed by atoms with Crippen LogP contribution in [0, 0.1) is 6.92 Å². The van der Waals surface area contributed by atoms with E-state index in [2.05, 4.69) is 73.8 Å². The van der Waals surface area contributed by atoms with E-state index in [1.807, 2.05) is 0 Å². The number of nitrogens with one attached hydrogen (secondary N) is 1. The molecule has 2 aromatic carbocycles. The van der Waals surface area contributed by atoms with E-state index in [9.17, 15) is 0 Å². The fraction of sp³-hybridized carbons (Fsp3) is 0.333. The Bertz CT molecular complexity index is 490. The molecule has 1 heteroatoms. The van der Waals surface area contributed by atoms with Gasteiger partial charge in [0.25, 0.3) is 0 Å². The van der Waals surface area contributed by atoms with Gasteiger partial charge in [-0.25, -0.2) is 0 Å². The zero-order valence-electron chi connectivity index (χ0n) is 11.9. The Morgan fingerprint density at radius 1 is 0.947 bits per heavy atom. The molecular formula is C18H23N. The minimum Gasteiger partial charge on any atom is -0.310 e. The van der Waals surface area contributed by atoms with Crippen LogP contribution < -0.4 is 5.32 Å². The molecule has 0 aliphatic carbocycles. The first-order valence-electron chi connectivity index (χ1n) is 7.07. The van der Waals surface area contributed by atoms with E-state index in [0.29, 0.717) is 6.04 Å². The topological polar surface area (TPSA) is 12.0 Å². The molecule has 0 aliphatic heterocycles. The molecule has 0 spiro atoms. The van der Waals surface area contributed by atoms with Crippen LogP contribution in [-0.4, -0.2) is 6.04 Å². The summed E-state index contributed by atoms with van der Waals surface area (Å²) in [6.07, 6.45) is 2.32. The van der Waals surface area contributed by atoms with Crippen LogP contribution >= 0.6 is 0 Å². The highest BCUT2D eigenvalue weighted by Gasteiger charge is 2.02. The molecule has 1 N–H and O–H groups in total. The number of benzene rings is 2. The first-order chi connectivity index (χ1) is 9.24. The second kappa shape index (κ2) is 7.10. The summed E-state index contributed by atoms with van der Waals surface area (Å²) in [6, 6.07) is 19.9. The Labute approximate surface area is 116 Å². The maximum Gasteiger partial charge on any atom is 0.0208 e. The first kappa shape index (κ1) is 13.8. The van der Waals surface area contributed by atoms with Gasteiger partial charge in [0.2, 0.25) is 0 Å². The molecule has 2 aromatic rings. The van der Waals surface area contributed by atoms with Crippen molar-refractivity contribution in [3.63, 3.8) is 0 Å². The third kappa shape index (κ3) is 4.88. The Balaban J connectivity index is 1.74. The van der Waals surface area contributed by atoms with Gasteiger partial charge in [-0.05, 0) is 37.8 Å². The summed E-state index contributed by atoms with van der Waals surface area (Å²) in [4.78, 5) is 0. The zero-order chi connectivity index (χ0) is 13.5. The molecule has 0 radical (unpaired) electrons. The maximum absolute atomic E-state index is 3.60. The van der Waals surface area contributed by atoms with Crippen molar-refractivity contribution in [1.29, 1.82) is 0 Å². The number of hydrogen-bond acceptors (Lipinski definition) is 1. The smallest absolute Gasteiger partial charge is 0.0208 e. The van der Waals surface area contributed by atoms with Crippen LogP contribution in [-0.2, 0) is 13.0 Å². The number of aryl methyl sites for hydroxylation is 2. The standard InChI is InChI=1S/C18H23N/c1-15-7-6-10-18(13-15)14-19-16(2)11-12-17-8-4-3-5-9-17/h3-10,13,16,19H,11-12,14H2,1-2H3/t16-/m1/s1. The van der Waals surface area contributed by atoms with Gasteiger partial charge in [0.15, 0.2) is 0 Å². The summed E-state index contributed by atoms with van der Waals surface area (Å²) in [5.74, 6) is 0. The molecule has 100 valence electrons. The lowest BCUT2D eigenvalue weighted by atomic mass is 10.1. The fourth-order valence-electron chi connectivity index (χ4n) is 2.24. The highest BCUT2D eigenvalue weighted by Crippen LogP contribution is 2.07. The number of hydrogen-bond donors (Lipinski definition) is 1. The molecule has 0 heterocycles. The lowest BCUT2D eigenvalue weighted by Crippen LogP contribution is -2.25. The van der Waals surface area contributed by atoms with Crippen molar-refractivity contribution in [2.45, 2.75) is 39.3 Å². The van der Waals surface area contributed by atoms with E-state index >= 15 is 0 Å². The fourth-order valence-corrected chi connectivity index (χ4v) is 2.24. The van der Waals surface area contributed by atoms with E-state index < -0.39 is 0 Å². The van der Waals surface area contributed by atoms with Crippen LogP contribution in [0.5, 0.6) is 0 Å². The van der Waals surface area contributed by atoms with Gasteiger partial charge < -0.3 is 5.32 Å². The molecule has 1 nitrogen and oxygen atoms in total. The van der Waals surface area contributed by atoms with Gasteiger partial charge in [-0.3, -0.25) is 0 Å². The molecule has 2 rings (SSSR count). The number of rotatable bonds is 6. The molecule has 0 saturated carbocycles. The summed E-state index contributed by atoms with van der Waals surface area (Å²) in [5, 5.41) is 3.60. The quantitative estimate of drug-likeness (QED) is 0.817. The third-order valence-electron chi connectivity index (χ3n) is 3.45. The monoisotopic (exact) mass is 253 g/mol. The largest absolute Gasteiger partial charge is 0.310 e. The predicted octanol–water partition coefficient (Wildman–Crippen LogP) is 4.11. The molecule has 1 atom stereocenters. The average molecular weight is 253 g/mol. The van der Waals surface area contributed by atoms with Crippen LogP contribution in [0.3, 0.4) is 0 Å². The first-order valence-corrected chi connectivity index (χ1v) is 7.07. The van der Waals surface area contributed by atoms with Gasteiger partial charge in [-0.1, -0.05) is 60.2 Å². The lowest BCUT2D eigenvalue weighted by molar-refractivity contribution is 0.514. The van der Waals surface area contributed by atoms with E-state index in [1.54, 1.807) is 0 Å². The normalized spacial score (nSPS) is 12.3. The Morgan fingerprint density at radius 3 is 2.42 bits per heavy atom. The van der Waals surface area contributed by atoms with E-state index in [0.717, 1.165) is 13.0 Å². The van der Waals surface area contributed by atoms with Crippen molar-refractivity contribution in [3.8, 4) is 0 Å². The lowest BCUT2D eigenvalue weighted by Gasteiger charge is -2.14. The molecule has 0 aliphatic rings. The average Bonchev–Trinajstić information content (AvgIpc) is 2.44. The molecule has 0 bridgehead atoms. The van der Waals surface area contributed by atoms with Gasteiger partial charge in [0.1, 0.15) is 0 Å². The third-order valence-corrected chi connectivity index (χ3v) is 3.45. The van der Waals surface area contributed by atoms with Gasteiger partial charge >= 0.3 is 0 Å². The second-order valence-corrected chi connectivity index (χ2v) is 5.30. The van der Waals surface area contributed by atoms with Crippen molar-refractivity contribution in [1.82, 2.24) is 5.32 Å². The van der Waals surface area contributed by atoms with Crippen LogP contribution in [0.2, 0.25) is 0 Å². The van der Waals surface area contributed by atoms with Crippen molar-refractivity contribution in [2.24, 2.45) is 0 Å². The molecule has 0 fully saturated rings. The van der Waals surface area contributed by atoms with Gasteiger partial charge in [-0.2, -0.15) is 0 Å². The van der Waals surface area contributed by atoms with Crippen LogP contribution in [0.4, 0.5) is 0 Å². The predicted molar refractivity (Wildman–Crippen MR) is 82.2 cm³/mol. The highest BCUT2D eigenvalue weighted by molar-refractivity contribution is 5.22. The maximum atomic E-state index is 3.60.